The summed E-state index contributed by atoms with van der Waals surface area (Å²) in [4.78, 5) is 18.4. The lowest BCUT2D eigenvalue weighted by Crippen LogP contribution is -2.08. The number of aryl methyl sites for hydroxylation is 1. The van der Waals surface area contributed by atoms with Gasteiger partial charge in [-0.1, -0.05) is 66.2 Å². The van der Waals surface area contributed by atoms with Gasteiger partial charge in [-0.3, -0.25) is 4.79 Å². The van der Waals surface area contributed by atoms with Gasteiger partial charge in [0.1, 0.15) is 0 Å². The molecule has 114 valence electrons. The fourth-order valence-corrected chi connectivity index (χ4v) is 3.37. The quantitative estimate of drug-likeness (QED) is 0.269. The van der Waals surface area contributed by atoms with Crippen LogP contribution < -0.4 is 5.56 Å². The SMILES string of the molecule is Cc1cc(=O)[nH]c(SCCCCCCCCCCBr)n1. The van der Waals surface area contributed by atoms with Crippen LogP contribution in [-0.4, -0.2) is 21.1 Å². The van der Waals surface area contributed by atoms with E-state index in [9.17, 15) is 4.79 Å². The van der Waals surface area contributed by atoms with Gasteiger partial charge < -0.3 is 4.98 Å². The summed E-state index contributed by atoms with van der Waals surface area (Å²) < 4.78 is 0. The third kappa shape index (κ3) is 8.80. The molecule has 0 unspecified atom stereocenters. The van der Waals surface area contributed by atoms with Gasteiger partial charge >= 0.3 is 0 Å². The Kier molecular flexibility index (Phi) is 10.1. The largest absolute Gasteiger partial charge is 0.301 e. The van der Waals surface area contributed by atoms with Gasteiger partial charge in [0.15, 0.2) is 5.16 Å². The van der Waals surface area contributed by atoms with Gasteiger partial charge in [-0.2, -0.15) is 0 Å². The van der Waals surface area contributed by atoms with Crippen molar-refractivity contribution in [3.63, 3.8) is 0 Å². The number of unbranched alkanes of at least 4 members (excludes halogenated alkanes) is 7. The molecule has 1 rings (SSSR count). The number of aromatic amines is 1. The molecule has 20 heavy (non-hydrogen) atoms. The number of nitrogens with zero attached hydrogens (tertiary/aromatic N) is 1. The monoisotopic (exact) mass is 360 g/mol. The van der Waals surface area contributed by atoms with Crippen molar-refractivity contribution in [1.29, 1.82) is 0 Å². The highest BCUT2D eigenvalue weighted by Gasteiger charge is 1.99. The predicted molar refractivity (Wildman–Crippen MR) is 91.0 cm³/mol. The molecule has 1 aromatic heterocycles. The maximum absolute atomic E-state index is 11.3. The van der Waals surface area contributed by atoms with Gasteiger partial charge in [0.05, 0.1) is 0 Å². The Morgan fingerprint density at radius 3 is 2.30 bits per heavy atom. The Hall–Kier alpha value is -0.290. The minimum Gasteiger partial charge on any atom is -0.301 e. The molecule has 0 fully saturated rings. The molecule has 0 saturated carbocycles. The summed E-state index contributed by atoms with van der Waals surface area (Å²) in [6.07, 6.45) is 10.6. The van der Waals surface area contributed by atoms with Crippen molar-refractivity contribution in [2.75, 3.05) is 11.1 Å². The molecule has 0 saturated heterocycles. The number of halogens is 1. The van der Waals surface area contributed by atoms with Crippen molar-refractivity contribution >= 4 is 27.7 Å². The summed E-state index contributed by atoms with van der Waals surface area (Å²) in [6.45, 7) is 1.86. The molecule has 0 radical (unpaired) electrons. The molecular weight excluding hydrogens is 336 g/mol. The first-order valence-electron chi connectivity index (χ1n) is 7.49. The van der Waals surface area contributed by atoms with Gasteiger partial charge in [0.25, 0.3) is 5.56 Å². The molecule has 0 spiro atoms. The number of nitrogens with one attached hydrogen (secondary N) is 1. The Morgan fingerprint density at radius 2 is 1.70 bits per heavy atom. The van der Waals surface area contributed by atoms with Crippen LogP contribution in [0.5, 0.6) is 0 Å². The van der Waals surface area contributed by atoms with Crippen LogP contribution in [0.3, 0.4) is 0 Å². The van der Waals surface area contributed by atoms with Crippen molar-refractivity contribution < 1.29 is 0 Å². The van der Waals surface area contributed by atoms with Crippen LogP contribution in [0, 0.1) is 6.92 Å². The van der Waals surface area contributed by atoms with Crippen molar-refractivity contribution in [2.24, 2.45) is 0 Å². The summed E-state index contributed by atoms with van der Waals surface area (Å²) in [5.74, 6) is 1.04. The second kappa shape index (κ2) is 11.4. The number of alkyl halides is 1. The van der Waals surface area contributed by atoms with Crippen molar-refractivity contribution in [2.45, 2.75) is 63.4 Å². The zero-order chi connectivity index (χ0) is 14.6. The number of thioether (sulfide) groups is 1. The lowest BCUT2D eigenvalue weighted by atomic mass is 10.1. The minimum absolute atomic E-state index is 0.0523. The molecule has 0 bridgehead atoms. The highest BCUT2D eigenvalue weighted by molar-refractivity contribution is 9.09. The Morgan fingerprint density at radius 1 is 1.10 bits per heavy atom. The molecule has 0 amide bonds. The third-order valence-corrected chi connectivity index (χ3v) is 4.64. The number of aromatic nitrogens is 2. The number of rotatable bonds is 11. The van der Waals surface area contributed by atoms with E-state index in [1.165, 1.54) is 57.4 Å². The Bertz CT molecular complexity index is 423. The lowest BCUT2D eigenvalue weighted by Gasteiger charge is -2.03. The molecule has 1 aromatic rings. The van der Waals surface area contributed by atoms with Gasteiger partial charge in [0.2, 0.25) is 0 Å². The average Bonchev–Trinajstić information content (AvgIpc) is 2.40. The van der Waals surface area contributed by atoms with Crippen LogP contribution in [0.4, 0.5) is 0 Å². The number of H-pyrrole nitrogens is 1. The van der Waals surface area contributed by atoms with Crippen LogP contribution in [0.2, 0.25) is 0 Å². The predicted octanol–water partition coefficient (Wildman–Crippen LogP) is 4.69. The van der Waals surface area contributed by atoms with E-state index in [0.29, 0.717) is 0 Å². The lowest BCUT2D eigenvalue weighted by molar-refractivity contribution is 0.588. The first kappa shape index (κ1) is 17.8. The summed E-state index contributed by atoms with van der Waals surface area (Å²) in [5.41, 5.74) is 0.739. The maximum atomic E-state index is 11.3. The van der Waals surface area contributed by atoms with E-state index >= 15 is 0 Å². The minimum atomic E-state index is -0.0523. The number of hydrogen-bond acceptors (Lipinski definition) is 3. The van der Waals surface area contributed by atoms with E-state index < -0.39 is 0 Å². The fourth-order valence-electron chi connectivity index (χ4n) is 2.05. The highest BCUT2D eigenvalue weighted by Crippen LogP contribution is 2.15. The van der Waals surface area contributed by atoms with E-state index in [2.05, 4.69) is 25.9 Å². The number of hydrogen-bond donors (Lipinski definition) is 1. The molecule has 1 heterocycles. The standard InChI is InChI=1S/C15H25BrN2OS/c1-13-12-14(19)18-15(17-13)20-11-9-7-5-3-2-4-6-8-10-16/h12H,2-11H2,1H3,(H,17,18,19). The summed E-state index contributed by atoms with van der Waals surface area (Å²) in [6, 6.07) is 1.53. The zero-order valence-corrected chi connectivity index (χ0v) is 14.7. The van der Waals surface area contributed by atoms with Gasteiger partial charge in [0, 0.05) is 22.8 Å². The van der Waals surface area contributed by atoms with Crippen LogP contribution >= 0.6 is 27.7 Å². The second-order valence-corrected chi connectivity index (χ2v) is 6.93. The molecule has 0 atom stereocenters. The van der Waals surface area contributed by atoms with E-state index in [1.807, 2.05) is 6.92 Å². The maximum Gasteiger partial charge on any atom is 0.251 e. The Labute approximate surface area is 134 Å². The summed E-state index contributed by atoms with van der Waals surface area (Å²) in [5, 5.41) is 1.89. The molecule has 5 heteroatoms. The molecule has 0 aromatic carbocycles. The van der Waals surface area contributed by atoms with Crippen molar-refractivity contribution in [3.8, 4) is 0 Å². The zero-order valence-electron chi connectivity index (χ0n) is 12.3. The second-order valence-electron chi connectivity index (χ2n) is 5.06. The van der Waals surface area contributed by atoms with Gasteiger partial charge in [-0.05, 0) is 19.8 Å². The van der Waals surface area contributed by atoms with Crippen molar-refractivity contribution in [3.05, 3.63) is 22.1 Å². The van der Waals surface area contributed by atoms with Crippen LogP contribution in [-0.2, 0) is 0 Å². The average molecular weight is 361 g/mol. The molecular formula is C15H25BrN2OS. The summed E-state index contributed by atoms with van der Waals surface area (Å²) in [7, 11) is 0. The molecule has 0 aliphatic carbocycles. The van der Waals surface area contributed by atoms with Gasteiger partial charge in [-0.15, -0.1) is 0 Å². The smallest absolute Gasteiger partial charge is 0.251 e. The Balaban J connectivity index is 1.98. The van der Waals surface area contributed by atoms with E-state index in [0.717, 1.165) is 21.9 Å². The van der Waals surface area contributed by atoms with Crippen LogP contribution in [0.1, 0.15) is 57.1 Å². The van der Waals surface area contributed by atoms with E-state index in [4.69, 9.17) is 0 Å². The summed E-state index contributed by atoms with van der Waals surface area (Å²) >= 11 is 5.11. The van der Waals surface area contributed by atoms with E-state index in [-0.39, 0.29) is 5.56 Å². The van der Waals surface area contributed by atoms with Crippen LogP contribution in [0.15, 0.2) is 16.0 Å². The molecule has 1 N–H and O–H groups in total. The third-order valence-electron chi connectivity index (χ3n) is 3.11. The first-order chi connectivity index (χ1) is 9.72. The molecule has 0 aliphatic rings. The van der Waals surface area contributed by atoms with Crippen LogP contribution in [0.25, 0.3) is 0 Å². The van der Waals surface area contributed by atoms with Crippen molar-refractivity contribution in [1.82, 2.24) is 9.97 Å². The first-order valence-corrected chi connectivity index (χ1v) is 9.60. The highest BCUT2D eigenvalue weighted by atomic mass is 79.9. The molecule has 3 nitrogen and oxygen atoms in total. The normalized spacial score (nSPS) is 10.9. The van der Waals surface area contributed by atoms with E-state index in [1.54, 1.807) is 11.8 Å². The molecule has 0 aliphatic heterocycles. The fraction of sp³-hybridized carbons (Fsp3) is 0.733. The van der Waals surface area contributed by atoms with Gasteiger partial charge in [-0.25, -0.2) is 4.98 Å². The topological polar surface area (TPSA) is 45.8 Å².